The van der Waals surface area contributed by atoms with E-state index in [1.165, 1.54) is 0 Å². The van der Waals surface area contributed by atoms with Gasteiger partial charge >= 0.3 is 0 Å². The molecule has 3 atom stereocenters. The first-order valence-electron chi connectivity index (χ1n) is 5.92. The predicted octanol–water partition coefficient (Wildman–Crippen LogP) is 1.74. The highest BCUT2D eigenvalue weighted by Crippen LogP contribution is 2.62. The van der Waals surface area contributed by atoms with Gasteiger partial charge in [0.05, 0.1) is 17.9 Å². The number of aliphatic hydroxyl groups is 1. The first-order valence-corrected chi connectivity index (χ1v) is 8.01. The van der Waals surface area contributed by atoms with Crippen LogP contribution < -0.4 is 0 Å². The van der Waals surface area contributed by atoms with Crippen molar-refractivity contribution in [3.8, 4) is 6.07 Å². The molecule has 1 saturated carbocycles. The van der Waals surface area contributed by atoms with Crippen LogP contribution in [-0.4, -0.2) is 31.1 Å². The van der Waals surface area contributed by atoms with Crippen LogP contribution in [0.1, 0.15) is 18.4 Å². The minimum atomic E-state index is -3.38. The molecule has 0 radical (unpaired) electrons. The SMILES string of the molecule is CCS(=O)(=O)[C@H]1[C@H](c2ccc(Cl)cc2)[C@@]1(C#N)CO. The lowest BCUT2D eigenvalue weighted by atomic mass is 10.0. The Balaban J connectivity index is 2.46. The van der Waals surface area contributed by atoms with Crippen LogP contribution in [0.15, 0.2) is 24.3 Å². The van der Waals surface area contributed by atoms with Gasteiger partial charge in [-0.3, -0.25) is 0 Å². The first kappa shape index (κ1) is 14.3. The van der Waals surface area contributed by atoms with Crippen LogP contribution in [0.25, 0.3) is 0 Å². The minimum Gasteiger partial charge on any atom is -0.395 e. The highest BCUT2D eigenvalue weighted by Gasteiger charge is 2.71. The number of nitrogens with zero attached hydrogens (tertiary/aromatic N) is 1. The molecule has 0 saturated heterocycles. The summed E-state index contributed by atoms with van der Waals surface area (Å²) in [5, 5.41) is 18.4. The molecule has 0 unspecified atom stereocenters. The lowest BCUT2D eigenvalue weighted by Gasteiger charge is -2.03. The molecule has 2 rings (SSSR count). The highest BCUT2D eigenvalue weighted by molar-refractivity contribution is 7.92. The van der Waals surface area contributed by atoms with Crippen molar-refractivity contribution in [3.63, 3.8) is 0 Å². The molecule has 0 aromatic heterocycles. The number of benzene rings is 1. The van der Waals surface area contributed by atoms with E-state index in [1.54, 1.807) is 31.2 Å². The smallest absolute Gasteiger partial charge is 0.155 e. The molecule has 0 amide bonds. The van der Waals surface area contributed by atoms with Gasteiger partial charge in [-0.05, 0) is 17.7 Å². The molecule has 0 aliphatic heterocycles. The molecular weight excluding hydrogens is 286 g/mol. The van der Waals surface area contributed by atoms with Crippen molar-refractivity contribution in [1.29, 1.82) is 5.26 Å². The third-order valence-electron chi connectivity index (χ3n) is 3.74. The lowest BCUT2D eigenvalue weighted by Crippen LogP contribution is -2.19. The third-order valence-corrected chi connectivity index (χ3v) is 6.27. The number of hydrogen-bond donors (Lipinski definition) is 1. The van der Waals surface area contributed by atoms with Gasteiger partial charge in [-0.15, -0.1) is 0 Å². The van der Waals surface area contributed by atoms with Crippen molar-refractivity contribution in [3.05, 3.63) is 34.9 Å². The number of aliphatic hydroxyl groups excluding tert-OH is 1. The molecule has 0 heterocycles. The molecule has 1 aliphatic rings. The van der Waals surface area contributed by atoms with E-state index in [0.29, 0.717) is 5.02 Å². The monoisotopic (exact) mass is 299 g/mol. The average molecular weight is 300 g/mol. The molecular formula is C13H14ClNO3S. The number of halogens is 1. The summed E-state index contributed by atoms with van der Waals surface area (Å²) in [7, 11) is -3.38. The fourth-order valence-electron chi connectivity index (χ4n) is 2.61. The van der Waals surface area contributed by atoms with Gasteiger partial charge in [0.25, 0.3) is 0 Å². The van der Waals surface area contributed by atoms with E-state index in [0.717, 1.165) is 5.56 Å². The average Bonchev–Trinajstić information content (AvgIpc) is 3.10. The quantitative estimate of drug-likeness (QED) is 0.918. The molecule has 102 valence electrons. The maximum Gasteiger partial charge on any atom is 0.155 e. The van der Waals surface area contributed by atoms with Crippen LogP contribution in [0.5, 0.6) is 0 Å². The highest BCUT2D eigenvalue weighted by atomic mass is 35.5. The number of nitriles is 1. The Morgan fingerprint density at radius 3 is 2.42 bits per heavy atom. The molecule has 1 N–H and O–H groups in total. The van der Waals surface area contributed by atoms with Gasteiger partial charge in [0.2, 0.25) is 0 Å². The van der Waals surface area contributed by atoms with Gasteiger partial charge in [0, 0.05) is 16.7 Å². The molecule has 1 aliphatic carbocycles. The molecule has 1 aromatic carbocycles. The van der Waals surface area contributed by atoms with Gasteiger partial charge in [-0.25, -0.2) is 8.42 Å². The van der Waals surface area contributed by atoms with E-state index < -0.39 is 33.0 Å². The summed E-state index contributed by atoms with van der Waals surface area (Å²) in [5.74, 6) is -0.518. The second-order valence-electron chi connectivity index (χ2n) is 4.71. The van der Waals surface area contributed by atoms with Crippen molar-refractivity contribution in [1.82, 2.24) is 0 Å². The van der Waals surface area contributed by atoms with Crippen molar-refractivity contribution < 1.29 is 13.5 Å². The summed E-state index contributed by atoms with van der Waals surface area (Å²) in [6.45, 7) is 1.09. The Morgan fingerprint density at radius 2 is 2.00 bits per heavy atom. The Kier molecular flexibility index (Phi) is 3.61. The van der Waals surface area contributed by atoms with E-state index >= 15 is 0 Å². The second-order valence-corrected chi connectivity index (χ2v) is 7.56. The Bertz CT molecular complexity index is 620. The fourth-order valence-corrected chi connectivity index (χ4v) is 4.75. The van der Waals surface area contributed by atoms with E-state index in [9.17, 15) is 18.8 Å². The molecule has 1 fully saturated rings. The summed E-state index contributed by atoms with van der Waals surface area (Å²) in [4.78, 5) is 0. The predicted molar refractivity (Wildman–Crippen MR) is 72.6 cm³/mol. The van der Waals surface area contributed by atoms with Gasteiger partial charge in [0.15, 0.2) is 9.84 Å². The van der Waals surface area contributed by atoms with Gasteiger partial charge in [-0.1, -0.05) is 30.7 Å². The number of sulfone groups is 1. The van der Waals surface area contributed by atoms with Crippen LogP contribution >= 0.6 is 11.6 Å². The number of rotatable bonds is 4. The van der Waals surface area contributed by atoms with Gasteiger partial charge < -0.3 is 5.11 Å². The zero-order valence-electron chi connectivity index (χ0n) is 10.4. The van der Waals surface area contributed by atoms with Gasteiger partial charge in [-0.2, -0.15) is 5.26 Å². The summed E-state index contributed by atoms with van der Waals surface area (Å²) in [6, 6.07) is 8.72. The summed E-state index contributed by atoms with van der Waals surface area (Å²) < 4.78 is 24.1. The standard InChI is InChI=1S/C13H14ClNO3S/c1-2-19(17,18)12-11(13(12,7-15)8-16)9-3-5-10(14)6-4-9/h3-6,11-12,16H,2,8H2,1H3/t11-,12-,13+/m0/s1. The number of hydrogen-bond acceptors (Lipinski definition) is 4. The zero-order chi connectivity index (χ0) is 14.3. The van der Waals surface area contributed by atoms with Gasteiger partial charge in [0.1, 0.15) is 5.41 Å². The maximum absolute atomic E-state index is 12.1. The zero-order valence-corrected chi connectivity index (χ0v) is 11.9. The molecule has 19 heavy (non-hydrogen) atoms. The Morgan fingerprint density at radius 1 is 1.42 bits per heavy atom. The van der Waals surface area contributed by atoms with Crippen LogP contribution in [0.4, 0.5) is 0 Å². The van der Waals surface area contributed by atoms with E-state index in [-0.39, 0.29) is 5.75 Å². The first-order chi connectivity index (χ1) is 8.93. The molecule has 6 heteroatoms. The van der Waals surface area contributed by atoms with E-state index in [4.69, 9.17) is 11.6 Å². The van der Waals surface area contributed by atoms with Crippen molar-refractivity contribution in [2.75, 3.05) is 12.4 Å². The van der Waals surface area contributed by atoms with Crippen LogP contribution in [-0.2, 0) is 9.84 Å². The van der Waals surface area contributed by atoms with Crippen LogP contribution in [0, 0.1) is 16.7 Å². The lowest BCUT2D eigenvalue weighted by molar-refractivity contribution is 0.242. The van der Waals surface area contributed by atoms with Crippen molar-refractivity contribution >= 4 is 21.4 Å². The van der Waals surface area contributed by atoms with E-state index in [2.05, 4.69) is 0 Å². The van der Waals surface area contributed by atoms with Crippen molar-refractivity contribution in [2.24, 2.45) is 5.41 Å². The van der Waals surface area contributed by atoms with Crippen molar-refractivity contribution in [2.45, 2.75) is 18.1 Å². The summed E-state index contributed by atoms with van der Waals surface area (Å²) in [6.07, 6.45) is 0. The molecule has 4 nitrogen and oxygen atoms in total. The molecule has 1 aromatic rings. The normalized spacial score (nSPS) is 29.8. The minimum absolute atomic E-state index is 0.0365. The Labute approximate surface area is 117 Å². The largest absolute Gasteiger partial charge is 0.395 e. The summed E-state index contributed by atoms with van der Waals surface area (Å²) in [5.41, 5.74) is -0.495. The second kappa shape index (κ2) is 4.78. The van der Waals surface area contributed by atoms with E-state index in [1.807, 2.05) is 6.07 Å². The molecule has 0 spiro atoms. The molecule has 0 bridgehead atoms. The topological polar surface area (TPSA) is 78.2 Å². The third kappa shape index (κ3) is 2.14. The van der Waals surface area contributed by atoms with Crippen LogP contribution in [0.3, 0.4) is 0 Å². The fraction of sp³-hybridized carbons (Fsp3) is 0.462. The van der Waals surface area contributed by atoms with Crippen LogP contribution in [0.2, 0.25) is 5.02 Å². The summed E-state index contributed by atoms with van der Waals surface area (Å²) >= 11 is 5.80. The Hall–Kier alpha value is -1.09. The maximum atomic E-state index is 12.1.